The van der Waals surface area contributed by atoms with Crippen molar-refractivity contribution in [3.8, 4) is 0 Å². The van der Waals surface area contributed by atoms with E-state index in [1.54, 1.807) is 0 Å². The summed E-state index contributed by atoms with van der Waals surface area (Å²) in [6.07, 6.45) is 1.42. The zero-order valence-electron chi connectivity index (χ0n) is 11.5. The van der Waals surface area contributed by atoms with E-state index in [4.69, 9.17) is 22.7 Å². The van der Waals surface area contributed by atoms with Crippen LogP contribution in [0.2, 0.25) is 5.02 Å². The second-order valence-corrected chi connectivity index (χ2v) is 4.91. The highest BCUT2D eigenvalue weighted by Crippen LogP contribution is 2.20. The molecule has 11 heteroatoms. The summed E-state index contributed by atoms with van der Waals surface area (Å²) in [5.41, 5.74) is 6.60. The van der Waals surface area contributed by atoms with Gasteiger partial charge in [-0.1, -0.05) is 16.8 Å². The highest BCUT2D eigenvalue weighted by Gasteiger charge is 2.17. The van der Waals surface area contributed by atoms with E-state index in [2.05, 4.69) is 30.5 Å². The van der Waals surface area contributed by atoms with Gasteiger partial charge in [0.2, 0.25) is 5.95 Å². The van der Waals surface area contributed by atoms with Gasteiger partial charge < -0.3 is 11.1 Å². The van der Waals surface area contributed by atoms with Crippen molar-refractivity contribution < 1.29 is 9.02 Å². The van der Waals surface area contributed by atoms with Crippen molar-refractivity contribution in [2.45, 2.75) is 6.54 Å². The minimum atomic E-state index is -0.546. The number of benzene rings is 1. The molecule has 4 N–H and O–H groups in total. The first-order valence-corrected chi connectivity index (χ1v) is 6.68. The van der Waals surface area contributed by atoms with Crippen LogP contribution in [0.4, 0.5) is 16.0 Å². The second-order valence-electron chi connectivity index (χ2n) is 4.51. The number of hydrogen-bond donors (Lipinski definition) is 3. The van der Waals surface area contributed by atoms with E-state index >= 15 is 0 Å². The maximum absolute atomic E-state index is 13.1. The first-order chi connectivity index (χ1) is 11.0. The van der Waals surface area contributed by atoms with E-state index in [-0.39, 0.29) is 29.0 Å². The fourth-order valence-electron chi connectivity index (χ4n) is 1.82. The predicted octanol–water partition coefficient (Wildman–Crippen LogP) is 1.52. The quantitative estimate of drug-likeness (QED) is 0.486. The fourth-order valence-corrected chi connectivity index (χ4v) is 2.01. The standard InChI is InChI=1S/C12H10ClFN8O/c13-7-3-6(1-2-8(7)14)18-11(15)10-9(20-23-21-10)4-22-5-17-19-12(22)16/h1-3,5H,4H2,(H2,15,18)(H2,16,19). The molecule has 3 aromatic rings. The average Bonchev–Trinajstić information content (AvgIpc) is 3.13. The molecular weight excluding hydrogens is 327 g/mol. The van der Waals surface area contributed by atoms with Gasteiger partial charge in [-0.3, -0.25) is 9.98 Å². The first kappa shape index (κ1) is 14.9. The van der Waals surface area contributed by atoms with Crippen LogP contribution in [0.25, 0.3) is 0 Å². The topological polar surface area (TPSA) is 132 Å². The van der Waals surface area contributed by atoms with Crippen LogP contribution in [0.1, 0.15) is 11.4 Å². The van der Waals surface area contributed by atoms with E-state index < -0.39 is 5.82 Å². The Morgan fingerprint density at radius 1 is 1.43 bits per heavy atom. The van der Waals surface area contributed by atoms with Crippen LogP contribution in [0.3, 0.4) is 0 Å². The van der Waals surface area contributed by atoms with Gasteiger partial charge in [0.05, 0.1) is 11.6 Å². The molecule has 1 aromatic carbocycles. The van der Waals surface area contributed by atoms with Crippen molar-refractivity contribution in [2.24, 2.45) is 0 Å². The first-order valence-electron chi connectivity index (χ1n) is 6.30. The van der Waals surface area contributed by atoms with Gasteiger partial charge in [0.25, 0.3) is 0 Å². The number of hydrogen-bond acceptors (Lipinski definition) is 7. The lowest BCUT2D eigenvalue weighted by atomic mass is 10.2. The predicted molar refractivity (Wildman–Crippen MR) is 79.7 cm³/mol. The zero-order valence-corrected chi connectivity index (χ0v) is 12.3. The zero-order chi connectivity index (χ0) is 16.4. The number of rotatable bonds is 4. The molecule has 23 heavy (non-hydrogen) atoms. The molecular formula is C12H10ClFN8O. The number of anilines is 2. The van der Waals surface area contributed by atoms with Gasteiger partial charge in [-0.15, -0.1) is 10.2 Å². The molecule has 9 nitrogen and oxygen atoms in total. The molecule has 0 amide bonds. The maximum atomic E-state index is 13.1. The Kier molecular flexibility index (Phi) is 3.89. The number of nitrogens with zero attached hydrogens (tertiary/aromatic N) is 5. The summed E-state index contributed by atoms with van der Waals surface area (Å²) in [5.74, 6) is -0.435. The van der Waals surface area contributed by atoms with Crippen molar-refractivity contribution in [3.63, 3.8) is 0 Å². The maximum Gasteiger partial charge on any atom is 0.222 e. The van der Waals surface area contributed by atoms with Gasteiger partial charge in [-0.25, -0.2) is 9.02 Å². The fraction of sp³-hybridized carbons (Fsp3) is 0.0833. The Morgan fingerprint density at radius 2 is 2.26 bits per heavy atom. The summed E-state index contributed by atoms with van der Waals surface area (Å²) in [7, 11) is 0. The minimum Gasteiger partial charge on any atom is -0.368 e. The molecule has 0 spiro atoms. The molecule has 0 saturated carbocycles. The molecule has 0 unspecified atom stereocenters. The summed E-state index contributed by atoms with van der Waals surface area (Å²) in [5, 5.41) is 25.5. The number of amidine groups is 1. The molecule has 0 fully saturated rings. The van der Waals surface area contributed by atoms with E-state index in [0.717, 1.165) is 0 Å². The third-order valence-electron chi connectivity index (χ3n) is 2.95. The van der Waals surface area contributed by atoms with Crippen LogP contribution < -0.4 is 11.1 Å². The number of aromatic nitrogens is 5. The second kappa shape index (κ2) is 6.01. The molecule has 0 atom stereocenters. The van der Waals surface area contributed by atoms with E-state index in [1.807, 2.05) is 0 Å². The van der Waals surface area contributed by atoms with E-state index in [0.29, 0.717) is 11.4 Å². The SMILES string of the molecule is N=C(Nc1ccc(F)c(Cl)c1)c1nonc1Cn1cnnc1N. The monoisotopic (exact) mass is 336 g/mol. The van der Waals surface area contributed by atoms with Crippen LogP contribution in [0.15, 0.2) is 29.2 Å². The molecule has 2 aromatic heterocycles. The largest absolute Gasteiger partial charge is 0.368 e. The van der Waals surface area contributed by atoms with Crippen molar-refractivity contribution in [1.82, 2.24) is 25.1 Å². The van der Waals surface area contributed by atoms with Crippen molar-refractivity contribution >= 4 is 29.1 Å². The Balaban J connectivity index is 1.79. The van der Waals surface area contributed by atoms with Gasteiger partial charge in [-0.2, -0.15) is 0 Å². The molecule has 0 bridgehead atoms. The Bertz CT molecular complexity index is 860. The normalized spacial score (nSPS) is 10.7. The molecule has 0 radical (unpaired) electrons. The van der Waals surface area contributed by atoms with Crippen LogP contribution in [0, 0.1) is 11.2 Å². The lowest BCUT2D eigenvalue weighted by Crippen LogP contribution is -2.16. The van der Waals surface area contributed by atoms with Crippen molar-refractivity contribution in [2.75, 3.05) is 11.1 Å². The van der Waals surface area contributed by atoms with E-state index in [1.165, 1.54) is 29.1 Å². The summed E-state index contributed by atoms with van der Waals surface area (Å²) in [6, 6.07) is 3.99. The van der Waals surface area contributed by atoms with Gasteiger partial charge >= 0.3 is 0 Å². The molecule has 118 valence electrons. The summed E-state index contributed by atoms with van der Waals surface area (Å²) >= 11 is 5.70. The van der Waals surface area contributed by atoms with Gasteiger partial charge in [0, 0.05) is 5.69 Å². The van der Waals surface area contributed by atoms with Crippen LogP contribution in [-0.4, -0.2) is 30.9 Å². The van der Waals surface area contributed by atoms with Gasteiger partial charge in [0.15, 0.2) is 11.5 Å². The lowest BCUT2D eigenvalue weighted by Gasteiger charge is -2.07. The van der Waals surface area contributed by atoms with Gasteiger partial charge in [0.1, 0.15) is 17.8 Å². The highest BCUT2D eigenvalue weighted by atomic mass is 35.5. The van der Waals surface area contributed by atoms with Crippen LogP contribution in [0.5, 0.6) is 0 Å². The van der Waals surface area contributed by atoms with Gasteiger partial charge in [-0.05, 0) is 23.4 Å². The van der Waals surface area contributed by atoms with E-state index in [9.17, 15) is 4.39 Å². The number of nitrogen functional groups attached to an aromatic ring is 1. The van der Waals surface area contributed by atoms with Crippen molar-refractivity contribution in [3.05, 3.63) is 46.8 Å². The molecule has 0 aliphatic carbocycles. The molecule has 3 rings (SSSR count). The highest BCUT2D eigenvalue weighted by molar-refractivity contribution is 6.31. The average molecular weight is 337 g/mol. The summed E-state index contributed by atoms with van der Waals surface area (Å²) in [4.78, 5) is 0. The van der Waals surface area contributed by atoms with Crippen LogP contribution >= 0.6 is 11.6 Å². The molecule has 2 heterocycles. The molecule has 0 aliphatic rings. The Labute approximate surface area is 133 Å². The molecule has 0 aliphatic heterocycles. The number of nitrogens with two attached hydrogens (primary N) is 1. The number of nitrogens with one attached hydrogen (secondary N) is 2. The minimum absolute atomic E-state index is 0.0569. The number of halogens is 2. The summed E-state index contributed by atoms with van der Waals surface area (Å²) < 4.78 is 19.3. The lowest BCUT2D eigenvalue weighted by molar-refractivity contribution is 0.302. The molecule has 0 saturated heterocycles. The van der Waals surface area contributed by atoms with Crippen LogP contribution in [-0.2, 0) is 6.54 Å². The third-order valence-corrected chi connectivity index (χ3v) is 3.24. The van der Waals surface area contributed by atoms with Crippen molar-refractivity contribution in [1.29, 1.82) is 5.41 Å². The third kappa shape index (κ3) is 3.11. The summed E-state index contributed by atoms with van der Waals surface area (Å²) in [6.45, 7) is 0.186. The smallest absolute Gasteiger partial charge is 0.222 e. The Hall–Kier alpha value is -3.01. The Morgan fingerprint density at radius 3 is 2.96 bits per heavy atom.